The lowest BCUT2D eigenvalue weighted by molar-refractivity contribution is 0.0597. The van der Waals surface area contributed by atoms with Crippen molar-refractivity contribution in [3.8, 4) is 0 Å². The van der Waals surface area contributed by atoms with E-state index in [-0.39, 0.29) is 29.5 Å². The summed E-state index contributed by atoms with van der Waals surface area (Å²) in [5.41, 5.74) is 1.34. The van der Waals surface area contributed by atoms with Crippen LogP contribution in [0.4, 0.5) is 0 Å². The van der Waals surface area contributed by atoms with Crippen LogP contribution in [0.3, 0.4) is 0 Å². The first-order valence-corrected chi connectivity index (χ1v) is 6.07. The summed E-state index contributed by atoms with van der Waals surface area (Å²) < 4.78 is 4.62. The summed E-state index contributed by atoms with van der Waals surface area (Å²) >= 11 is 11.2. The molecule has 0 fully saturated rings. The third-order valence-electron chi connectivity index (χ3n) is 2.27. The van der Waals surface area contributed by atoms with E-state index in [0.717, 1.165) is 5.56 Å². The summed E-state index contributed by atoms with van der Waals surface area (Å²) in [5.74, 6) is -0.232. The maximum absolute atomic E-state index is 11.8. The number of methoxy groups -OCH3 is 1. The highest BCUT2D eigenvalue weighted by Crippen LogP contribution is 2.17. The molecule has 17 heavy (non-hydrogen) atoms. The zero-order valence-corrected chi connectivity index (χ0v) is 10.8. The van der Waals surface area contributed by atoms with Gasteiger partial charge in [-0.15, -0.1) is 23.2 Å². The maximum atomic E-state index is 11.8. The van der Waals surface area contributed by atoms with Crippen molar-refractivity contribution >= 4 is 35.0 Å². The lowest BCUT2D eigenvalue weighted by atomic mass is 9.99. The average molecular weight is 275 g/mol. The van der Waals surface area contributed by atoms with Crippen LogP contribution in [0.2, 0.25) is 0 Å². The van der Waals surface area contributed by atoms with Crippen LogP contribution >= 0.6 is 23.2 Å². The molecule has 1 aromatic rings. The number of halogens is 2. The number of alkyl halides is 2. The molecule has 1 rings (SSSR count). The quantitative estimate of drug-likeness (QED) is 0.471. The van der Waals surface area contributed by atoms with E-state index in [9.17, 15) is 9.59 Å². The zero-order chi connectivity index (χ0) is 12.8. The summed E-state index contributed by atoms with van der Waals surface area (Å²) in [6, 6.07) is 4.84. The minimum atomic E-state index is -0.538. The van der Waals surface area contributed by atoms with Crippen LogP contribution in [0.15, 0.2) is 18.2 Å². The molecule has 0 spiro atoms. The molecule has 0 radical (unpaired) electrons. The Labute approximate surface area is 110 Å². The molecule has 0 saturated carbocycles. The molecule has 0 amide bonds. The van der Waals surface area contributed by atoms with Gasteiger partial charge in [-0.2, -0.15) is 0 Å². The van der Waals surface area contributed by atoms with E-state index < -0.39 is 5.97 Å². The fourth-order valence-corrected chi connectivity index (χ4v) is 1.75. The molecule has 0 aromatic heterocycles. The van der Waals surface area contributed by atoms with Crippen molar-refractivity contribution in [3.05, 3.63) is 34.9 Å². The molecule has 1 aromatic carbocycles. The number of esters is 1. The Hall–Kier alpha value is -1.06. The van der Waals surface area contributed by atoms with Gasteiger partial charge in [0.2, 0.25) is 0 Å². The Balaban J connectivity index is 3.20. The van der Waals surface area contributed by atoms with Gasteiger partial charge in [0.05, 0.1) is 12.7 Å². The van der Waals surface area contributed by atoms with Crippen LogP contribution in [0.5, 0.6) is 0 Å². The second-order valence-corrected chi connectivity index (χ2v) is 4.01. The number of ketones is 1. The second-order valence-electron chi connectivity index (χ2n) is 3.37. The molecule has 0 bridgehead atoms. The average Bonchev–Trinajstić information content (AvgIpc) is 2.37. The van der Waals surface area contributed by atoms with Crippen LogP contribution in [0.25, 0.3) is 0 Å². The number of rotatable bonds is 5. The highest BCUT2D eigenvalue weighted by atomic mass is 35.5. The molecule has 0 saturated heterocycles. The van der Waals surface area contributed by atoms with Crippen molar-refractivity contribution in [1.29, 1.82) is 0 Å². The van der Waals surface area contributed by atoms with Crippen LogP contribution < -0.4 is 0 Å². The van der Waals surface area contributed by atoms with Crippen molar-refractivity contribution in [1.82, 2.24) is 0 Å². The largest absolute Gasteiger partial charge is 0.465 e. The van der Waals surface area contributed by atoms with Gasteiger partial charge in [0.15, 0.2) is 5.78 Å². The van der Waals surface area contributed by atoms with Crippen molar-refractivity contribution in [2.75, 3.05) is 13.0 Å². The lowest BCUT2D eigenvalue weighted by Crippen LogP contribution is -2.11. The lowest BCUT2D eigenvalue weighted by Gasteiger charge is -2.08. The summed E-state index contributed by atoms with van der Waals surface area (Å²) in [7, 11) is 1.27. The fraction of sp³-hybridized carbons (Fsp3) is 0.333. The minimum Gasteiger partial charge on any atom is -0.465 e. The standard InChI is InChI=1S/C12H12Cl2O3/c1-17-12(16)9-3-2-8(7-14)6-10(9)11(15)4-5-13/h2-3,6H,4-5,7H2,1H3. The van der Waals surface area contributed by atoms with Gasteiger partial charge in [-0.1, -0.05) is 6.07 Å². The number of carbonyl (C=O) groups excluding carboxylic acids is 2. The van der Waals surface area contributed by atoms with Crippen LogP contribution in [0, 0.1) is 0 Å². The van der Waals surface area contributed by atoms with E-state index in [1.807, 2.05) is 0 Å². The van der Waals surface area contributed by atoms with Crippen LogP contribution in [-0.2, 0) is 10.6 Å². The van der Waals surface area contributed by atoms with Crippen molar-refractivity contribution in [2.24, 2.45) is 0 Å². The van der Waals surface area contributed by atoms with Gasteiger partial charge in [0, 0.05) is 23.7 Å². The summed E-state index contributed by atoms with van der Waals surface area (Å²) in [5, 5.41) is 0. The molecule has 0 atom stereocenters. The number of ether oxygens (including phenoxy) is 1. The topological polar surface area (TPSA) is 43.4 Å². The number of carbonyl (C=O) groups is 2. The third kappa shape index (κ3) is 3.45. The highest BCUT2D eigenvalue weighted by molar-refractivity contribution is 6.20. The van der Waals surface area contributed by atoms with Crippen molar-refractivity contribution in [2.45, 2.75) is 12.3 Å². The second kappa shape index (κ2) is 6.62. The smallest absolute Gasteiger partial charge is 0.338 e. The van der Waals surface area contributed by atoms with Gasteiger partial charge in [-0.05, 0) is 17.7 Å². The van der Waals surface area contributed by atoms with E-state index in [2.05, 4.69) is 4.74 Å². The van der Waals surface area contributed by atoms with Gasteiger partial charge in [-0.3, -0.25) is 4.79 Å². The molecule has 3 nitrogen and oxygen atoms in total. The molecule has 92 valence electrons. The van der Waals surface area contributed by atoms with Gasteiger partial charge in [0.25, 0.3) is 0 Å². The predicted molar refractivity (Wildman–Crippen MR) is 67.0 cm³/mol. The molecule has 0 heterocycles. The predicted octanol–water partition coefficient (Wildman–Crippen LogP) is 3.02. The highest BCUT2D eigenvalue weighted by Gasteiger charge is 2.17. The Morgan fingerprint density at radius 1 is 1.24 bits per heavy atom. The number of hydrogen-bond donors (Lipinski definition) is 0. The molecular formula is C12H12Cl2O3. The molecule has 0 N–H and O–H groups in total. The SMILES string of the molecule is COC(=O)c1ccc(CCl)cc1C(=O)CCCl. The molecule has 0 unspecified atom stereocenters. The Kier molecular flexibility index (Phi) is 5.45. The molecule has 0 aliphatic heterocycles. The van der Waals surface area contributed by atoms with Gasteiger partial charge in [-0.25, -0.2) is 4.79 Å². The zero-order valence-electron chi connectivity index (χ0n) is 9.33. The van der Waals surface area contributed by atoms with E-state index >= 15 is 0 Å². The van der Waals surface area contributed by atoms with Gasteiger partial charge < -0.3 is 4.74 Å². The Morgan fingerprint density at radius 3 is 2.47 bits per heavy atom. The summed E-state index contributed by atoms with van der Waals surface area (Å²) in [6.45, 7) is 0. The molecule has 0 aliphatic carbocycles. The number of benzene rings is 1. The fourth-order valence-electron chi connectivity index (χ4n) is 1.41. The van der Waals surface area contributed by atoms with Crippen LogP contribution in [-0.4, -0.2) is 24.7 Å². The van der Waals surface area contributed by atoms with Crippen LogP contribution in [0.1, 0.15) is 32.7 Å². The Bertz CT molecular complexity index is 430. The first kappa shape index (κ1) is 14.0. The van der Waals surface area contributed by atoms with E-state index in [1.165, 1.54) is 7.11 Å². The first-order valence-electron chi connectivity index (χ1n) is 5.00. The van der Waals surface area contributed by atoms with Gasteiger partial charge >= 0.3 is 5.97 Å². The van der Waals surface area contributed by atoms with E-state index in [0.29, 0.717) is 5.56 Å². The molecule has 0 aliphatic rings. The Morgan fingerprint density at radius 2 is 1.94 bits per heavy atom. The molecular weight excluding hydrogens is 263 g/mol. The van der Waals surface area contributed by atoms with Crippen molar-refractivity contribution in [3.63, 3.8) is 0 Å². The molecule has 5 heteroatoms. The third-order valence-corrected chi connectivity index (χ3v) is 2.76. The normalized spacial score (nSPS) is 10.1. The number of hydrogen-bond acceptors (Lipinski definition) is 3. The van der Waals surface area contributed by atoms with E-state index in [4.69, 9.17) is 23.2 Å². The van der Waals surface area contributed by atoms with Gasteiger partial charge in [0.1, 0.15) is 0 Å². The minimum absolute atomic E-state index is 0.178. The van der Waals surface area contributed by atoms with Crippen molar-refractivity contribution < 1.29 is 14.3 Å². The summed E-state index contributed by atoms with van der Waals surface area (Å²) in [6.07, 6.45) is 0.178. The maximum Gasteiger partial charge on any atom is 0.338 e. The summed E-state index contributed by atoms with van der Waals surface area (Å²) in [4.78, 5) is 23.3. The van der Waals surface area contributed by atoms with E-state index in [1.54, 1.807) is 18.2 Å². The monoisotopic (exact) mass is 274 g/mol. The number of Topliss-reactive ketones (excluding diaryl/α,β-unsaturated/α-hetero) is 1. The first-order chi connectivity index (χ1) is 8.13.